The van der Waals surface area contributed by atoms with E-state index in [9.17, 15) is 8.42 Å². The van der Waals surface area contributed by atoms with Crippen molar-refractivity contribution in [2.45, 2.75) is 29.5 Å². The fraction of sp³-hybridized carbons (Fsp3) is 0.308. The molecule has 2 aromatic heterocycles. The first-order valence-electron chi connectivity index (χ1n) is 11.7. The summed E-state index contributed by atoms with van der Waals surface area (Å²) in [6, 6.07) is 19.0. The van der Waals surface area contributed by atoms with Crippen LogP contribution in [0.4, 0.5) is 5.82 Å². The first kappa shape index (κ1) is 23.3. The summed E-state index contributed by atoms with van der Waals surface area (Å²) in [5, 5.41) is 11.5. The van der Waals surface area contributed by atoms with Crippen molar-refractivity contribution in [3.8, 4) is 16.9 Å². The molecular formula is C26H29N5O3S. The van der Waals surface area contributed by atoms with Crippen molar-refractivity contribution in [1.82, 2.24) is 19.5 Å². The molecule has 3 heterocycles. The smallest absolute Gasteiger partial charge is 0.181 e. The zero-order chi connectivity index (χ0) is 24.4. The van der Waals surface area contributed by atoms with Crippen LogP contribution in [0, 0.1) is 0 Å². The maximum Gasteiger partial charge on any atom is 0.181 e. The van der Waals surface area contributed by atoms with Crippen molar-refractivity contribution in [2.24, 2.45) is 0 Å². The first-order valence-corrected chi connectivity index (χ1v) is 13.2. The highest BCUT2D eigenvalue weighted by Gasteiger charge is 2.30. The lowest BCUT2D eigenvalue weighted by Crippen LogP contribution is -2.37. The second kappa shape index (κ2) is 9.67. The topological polar surface area (TPSA) is 88.8 Å². The fourth-order valence-corrected chi connectivity index (χ4v) is 6.36. The minimum Gasteiger partial charge on any atom is -0.496 e. The van der Waals surface area contributed by atoms with Crippen LogP contribution >= 0.6 is 0 Å². The van der Waals surface area contributed by atoms with E-state index in [1.54, 1.807) is 25.6 Å². The molecule has 0 radical (unpaired) electrons. The number of nitrogens with zero attached hydrogens (tertiary/aromatic N) is 4. The van der Waals surface area contributed by atoms with Crippen molar-refractivity contribution in [1.29, 1.82) is 0 Å². The molecule has 1 fully saturated rings. The summed E-state index contributed by atoms with van der Waals surface area (Å²) in [7, 11) is 0.350. The Morgan fingerprint density at radius 3 is 2.51 bits per heavy atom. The number of sulfone groups is 1. The van der Waals surface area contributed by atoms with Gasteiger partial charge in [0.15, 0.2) is 15.5 Å². The van der Waals surface area contributed by atoms with Gasteiger partial charge in [0.1, 0.15) is 17.9 Å². The molecule has 0 aliphatic carbocycles. The zero-order valence-corrected chi connectivity index (χ0v) is 20.7. The number of piperidine rings is 1. The number of fused-ring (bicyclic) bond motifs is 1. The third-order valence-corrected chi connectivity index (χ3v) is 8.99. The molecule has 2 aromatic carbocycles. The summed E-state index contributed by atoms with van der Waals surface area (Å²) in [4.78, 5) is 2.55. The summed E-state index contributed by atoms with van der Waals surface area (Å²) in [6.45, 7) is 2.20. The highest BCUT2D eigenvalue weighted by molar-refractivity contribution is 7.92. The number of rotatable bonds is 7. The van der Waals surface area contributed by atoms with E-state index in [2.05, 4.69) is 20.4 Å². The molecule has 0 unspecified atom stereocenters. The number of likely N-dealkylation sites (tertiary alicyclic amines) is 1. The van der Waals surface area contributed by atoms with Gasteiger partial charge in [-0.2, -0.15) is 0 Å². The van der Waals surface area contributed by atoms with Crippen LogP contribution in [-0.2, 0) is 16.4 Å². The van der Waals surface area contributed by atoms with Gasteiger partial charge in [0, 0.05) is 17.7 Å². The van der Waals surface area contributed by atoms with Gasteiger partial charge in [-0.1, -0.05) is 30.3 Å². The van der Waals surface area contributed by atoms with Gasteiger partial charge in [0.25, 0.3) is 0 Å². The molecule has 1 N–H and O–H groups in total. The molecule has 182 valence electrons. The minimum atomic E-state index is -3.34. The number of methoxy groups -OCH3 is 1. The predicted molar refractivity (Wildman–Crippen MR) is 136 cm³/mol. The molecule has 0 atom stereocenters. The van der Waals surface area contributed by atoms with Crippen LogP contribution < -0.4 is 10.1 Å². The second-order valence-electron chi connectivity index (χ2n) is 8.89. The largest absolute Gasteiger partial charge is 0.496 e. The van der Waals surface area contributed by atoms with Crippen molar-refractivity contribution in [3.05, 3.63) is 72.6 Å². The van der Waals surface area contributed by atoms with Gasteiger partial charge >= 0.3 is 0 Å². The van der Waals surface area contributed by atoms with Gasteiger partial charge in [0.2, 0.25) is 0 Å². The number of anilines is 1. The van der Waals surface area contributed by atoms with E-state index < -0.39 is 9.84 Å². The fourth-order valence-electron chi connectivity index (χ4n) is 4.63. The highest BCUT2D eigenvalue weighted by atomic mass is 32.2. The third-order valence-electron chi connectivity index (χ3n) is 6.71. The highest BCUT2D eigenvalue weighted by Crippen LogP contribution is 2.30. The third kappa shape index (κ3) is 4.61. The first-order chi connectivity index (χ1) is 17.0. The standard InChI is InChI=1S/C26H29N5O3S/c1-30-15-13-22(14-16-30)35(32,33)21-9-7-19(8-10-21)23-11-12-25(31-18-28-29-26(23)31)27-17-20-5-3-4-6-24(20)34-2/h3-12,18,22,27H,13-17H2,1-2H3. The number of benzene rings is 2. The van der Waals surface area contributed by atoms with Gasteiger partial charge in [0.05, 0.1) is 17.3 Å². The van der Waals surface area contributed by atoms with Crippen LogP contribution in [0.2, 0.25) is 0 Å². The van der Waals surface area contributed by atoms with Crippen LogP contribution in [0.5, 0.6) is 5.75 Å². The molecule has 35 heavy (non-hydrogen) atoms. The Bertz CT molecular complexity index is 1430. The Hall–Kier alpha value is -3.43. The summed E-state index contributed by atoms with van der Waals surface area (Å²) >= 11 is 0. The molecule has 0 saturated carbocycles. The number of hydrogen-bond donors (Lipinski definition) is 1. The van der Waals surface area contributed by atoms with Crippen LogP contribution in [0.1, 0.15) is 18.4 Å². The van der Waals surface area contributed by atoms with Crippen LogP contribution in [0.25, 0.3) is 16.8 Å². The molecular weight excluding hydrogens is 462 g/mol. The summed E-state index contributed by atoms with van der Waals surface area (Å²) < 4.78 is 33.6. The number of nitrogens with one attached hydrogen (secondary N) is 1. The van der Waals surface area contributed by atoms with E-state index in [4.69, 9.17) is 4.74 Å². The van der Waals surface area contributed by atoms with Gasteiger partial charge in [-0.05, 0) is 68.9 Å². The van der Waals surface area contributed by atoms with Gasteiger partial charge in [-0.25, -0.2) is 8.42 Å². The molecule has 4 aromatic rings. The Kier molecular flexibility index (Phi) is 6.44. The lowest BCUT2D eigenvalue weighted by Gasteiger charge is -2.28. The maximum atomic E-state index is 13.1. The van der Waals surface area contributed by atoms with E-state index >= 15 is 0 Å². The van der Waals surface area contributed by atoms with Crippen molar-refractivity contribution >= 4 is 21.3 Å². The van der Waals surface area contributed by atoms with Crippen molar-refractivity contribution < 1.29 is 13.2 Å². The molecule has 1 saturated heterocycles. The van der Waals surface area contributed by atoms with Crippen LogP contribution in [0.15, 0.2) is 71.9 Å². The Labute approximate surface area is 205 Å². The van der Waals surface area contributed by atoms with Crippen molar-refractivity contribution in [2.75, 3.05) is 32.6 Å². The molecule has 0 spiro atoms. The summed E-state index contributed by atoms with van der Waals surface area (Å²) in [6.07, 6.45) is 3.01. The molecule has 1 aliphatic heterocycles. The lowest BCUT2D eigenvalue weighted by atomic mass is 10.1. The Balaban J connectivity index is 1.38. The van der Waals surface area contributed by atoms with Crippen molar-refractivity contribution in [3.63, 3.8) is 0 Å². The number of aromatic nitrogens is 3. The normalized spacial score (nSPS) is 15.4. The van der Waals surface area contributed by atoms with E-state index in [0.29, 0.717) is 29.9 Å². The average Bonchev–Trinajstić information content (AvgIpc) is 3.38. The molecule has 8 nitrogen and oxygen atoms in total. The lowest BCUT2D eigenvalue weighted by molar-refractivity contribution is 0.277. The molecule has 1 aliphatic rings. The molecule has 9 heteroatoms. The molecule has 0 bridgehead atoms. The SMILES string of the molecule is COc1ccccc1CNc1ccc(-c2ccc(S(=O)(=O)C3CCN(C)CC3)cc2)c2nncn12. The maximum absolute atomic E-state index is 13.1. The average molecular weight is 492 g/mol. The van der Waals surface area contributed by atoms with E-state index in [0.717, 1.165) is 41.3 Å². The van der Waals surface area contributed by atoms with Gasteiger partial charge in [-0.3, -0.25) is 4.40 Å². The van der Waals surface area contributed by atoms with Gasteiger partial charge < -0.3 is 15.0 Å². The number of hydrogen-bond acceptors (Lipinski definition) is 7. The molecule has 5 rings (SSSR count). The van der Waals surface area contributed by atoms with E-state index in [-0.39, 0.29) is 5.25 Å². The van der Waals surface area contributed by atoms with E-state index in [1.807, 2.05) is 60.0 Å². The summed E-state index contributed by atoms with van der Waals surface area (Å²) in [5.41, 5.74) is 3.51. The molecule has 0 amide bonds. The number of ether oxygens (including phenoxy) is 1. The summed E-state index contributed by atoms with van der Waals surface area (Å²) in [5.74, 6) is 1.67. The zero-order valence-electron chi connectivity index (χ0n) is 19.9. The minimum absolute atomic E-state index is 0.318. The van der Waals surface area contributed by atoms with Crippen LogP contribution in [0.3, 0.4) is 0 Å². The Morgan fingerprint density at radius 1 is 1.03 bits per heavy atom. The van der Waals surface area contributed by atoms with Gasteiger partial charge in [-0.15, -0.1) is 10.2 Å². The number of pyridine rings is 1. The quantitative estimate of drug-likeness (QED) is 0.420. The second-order valence-corrected chi connectivity index (χ2v) is 11.1. The predicted octanol–water partition coefficient (Wildman–Crippen LogP) is 3.88. The number of para-hydroxylation sites is 1. The van der Waals surface area contributed by atoms with Crippen LogP contribution in [-0.4, -0.2) is 60.4 Å². The Morgan fingerprint density at radius 2 is 1.77 bits per heavy atom. The van der Waals surface area contributed by atoms with E-state index in [1.165, 1.54) is 0 Å². The monoisotopic (exact) mass is 491 g/mol.